The van der Waals surface area contributed by atoms with Crippen molar-refractivity contribution in [3.05, 3.63) is 54.2 Å². The molecule has 2 aliphatic heterocycles. The Labute approximate surface area is 133 Å². The number of carbonyl (C=O) groups excluding carboxylic acids is 2. The van der Waals surface area contributed by atoms with E-state index in [1.807, 2.05) is 17.0 Å². The molecule has 2 fully saturated rings. The molecule has 4 rings (SSSR count). The zero-order valence-corrected chi connectivity index (χ0v) is 12.6. The molecule has 0 bridgehead atoms. The third kappa shape index (κ3) is 2.50. The van der Waals surface area contributed by atoms with E-state index >= 15 is 0 Å². The van der Waals surface area contributed by atoms with Crippen LogP contribution in [0.15, 0.2) is 47.3 Å². The van der Waals surface area contributed by atoms with Crippen LogP contribution in [0, 0.1) is 11.8 Å². The average molecular weight is 311 g/mol. The molecular formula is C17H17N3O3. The Balaban J connectivity index is 1.42. The van der Waals surface area contributed by atoms with Crippen LogP contribution in [0.2, 0.25) is 0 Å². The summed E-state index contributed by atoms with van der Waals surface area (Å²) in [6.07, 6.45) is 5.00. The predicted octanol–water partition coefficient (Wildman–Crippen LogP) is 1.41. The van der Waals surface area contributed by atoms with Gasteiger partial charge in [-0.2, -0.15) is 0 Å². The lowest BCUT2D eigenvalue weighted by molar-refractivity contribution is -0.131. The number of aromatic nitrogens is 1. The van der Waals surface area contributed by atoms with Crippen molar-refractivity contribution in [3.8, 4) is 0 Å². The Morgan fingerprint density at radius 2 is 2.17 bits per heavy atom. The maximum Gasteiger partial charge on any atom is 0.289 e. The van der Waals surface area contributed by atoms with Gasteiger partial charge in [0.15, 0.2) is 5.76 Å². The second kappa shape index (κ2) is 5.53. The van der Waals surface area contributed by atoms with Crippen LogP contribution < -0.4 is 0 Å². The molecule has 2 atom stereocenters. The molecule has 4 heterocycles. The number of hydrogen-bond donors (Lipinski definition) is 0. The van der Waals surface area contributed by atoms with Crippen LogP contribution in [0.4, 0.5) is 0 Å². The van der Waals surface area contributed by atoms with Crippen LogP contribution in [-0.2, 0) is 11.3 Å². The van der Waals surface area contributed by atoms with Crippen molar-refractivity contribution in [1.29, 1.82) is 0 Å². The summed E-state index contributed by atoms with van der Waals surface area (Å²) in [7, 11) is 0. The molecule has 0 spiro atoms. The molecule has 0 saturated carbocycles. The van der Waals surface area contributed by atoms with E-state index in [1.165, 1.54) is 6.26 Å². The number of rotatable bonds is 3. The third-order valence-electron chi connectivity index (χ3n) is 4.64. The highest BCUT2D eigenvalue weighted by molar-refractivity contribution is 5.93. The summed E-state index contributed by atoms with van der Waals surface area (Å²) in [4.78, 5) is 32.6. The number of pyridine rings is 1. The topological polar surface area (TPSA) is 66.7 Å². The maximum absolute atomic E-state index is 12.6. The summed E-state index contributed by atoms with van der Waals surface area (Å²) in [6.45, 7) is 2.37. The molecule has 2 aliphatic rings. The van der Waals surface area contributed by atoms with E-state index < -0.39 is 0 Å². The van der Waals surface area contributed by atoms with Gasteiger partial charge in [0.1, 0.15) is 0 Å². The van der Waals surface area contributed by atoms with Gasteiger partial charge in [0.25, 0.3) is 5.91 Å². The number of likely N-dealkylation sites (tertiary alicyclic amines) is 2. The van der Waals surface area contributed by atoms with Gasteiger partial charge in [-0.05, 0) is 23.8 Å². The fraction of sp³-hybridized carbons (Fsp3) is 0.353. The molecule has 6 nitrogen and oxygen atoms in total. The van der Waals surface area contributed by atoms with Gasteiger partial charge in [-0.1, -0.05) is 6.07 Å². The first-order valence-electron chi connectivity index (χ1n) is 7.73. The summed E-state index contributed by atoms with van der Waals surface area (Å²) < 4.78 is 5.16. The van der Waals surface area contributed by atoms with Crippen LogP contribution in [0.1, 0.15) is 16.1 Å². The molecule has 23 heavy (non-hydrogen) atoms. The molecule has 2 aromatic heterocycles. The zero-order chi connectivity index (χ0) is 15.8. The van der Waals surface area contributed by atoms with Gasteiger partial charge in [-0.15, -0.1) is 0 Å². The molecule has 118 valence electrons. The number of nitrogens with zero attached hydrogens (tertiary/aromatic N) is 3. The number of amides is 2. The zero-order valence-electron chi connectivity index (χ0n) is 12.6. The first-order chi connectivity index (χ1) is 11.2. The molecule has 0 radical (unpaired) electrons. The third-order valence-corrected chi connectivity index (χ3v) is 4.64. The largest absolute Gasteiger partial charge is 0.459 e. The van der Waals surface area contributed by atoms with Crippen molar-refractivity contribution in [1.82, 2.24) is 14.8 Å². The summed E-state index contributed by atoms with van der Waals surface area (Å²) in [5, 5.41) is 0. The van der Waals surface area contributed by atoms with Crippen LogP contribution in [-0.4, -0.2) is 46.2 Å². The fourth-order valence-corrected chi connectivity index (χ4v) is 3.52. The highest BCUT2D eigenvalue weighted by atomic mass is 16.3. The van der Waals surface area contributed by atoms with Gasteiger partial charge >= 0.3 is 0 Å². The van der Waals surface area contributed by atoms with E-state index in [2.05, 4.69) is 4.98 Å². The minimum Gasteiger partial charge on any atom is -0.459 e. The first-order valence-corrected chi connectivity index (χ1v) is 7.73. The quantitative estimate of drug-likeness (QED) is 0.859. The molecule has 2 aromatic rings. The number of carbonyl (C=O) groups is 2. The molecular weight excluding hydrogens is 294 g/mol. The van der Waals surface area contributed by atoms with Gasteiger partial charge in [-0.3, -0.25) is 14.6 Å². The van der Waals surface area contributed by atoms with Crippen LogP contribution in [0.25, 0.3) is 0 Å². The Morgan fingerprint density at radius 3 is 2.87 bits per heavy atom. The van der Waals surface area contributed by atoms with Crippen molar-refractivity contribution in [3.63, 3.8) is 0 Å². The van der Waals surface area contributed by atoms with Crippen LogP contribution in [0.5, 0.6) is 0 Å². The van der Waals surface area contributed by atoms with Gasteiger partial charge in [0, 0.05) is 44.5 Å². The predicted molar refractivity (Wildman–Crippen MR) is 81.2 cm³/mol. The average Bonchev–Trinajstić information content (AvgIpc) is 3.28. The molecule has 0 aromatic carbocycles. The second-order valence-electron chi connectivity index (χ2n) is 6.13. The smallest absolute Gasteiger partial charge is 0.289 e. The monoisotopic (exact) mass is 311 g/mol. The Morgan fingerprint density at radius 1 is 1.26 bits per heavy atom. The summed E-state index contributed by atoms with van der Waals surface area (Å²) in [5.41, 5.74) is 1.03. The lowest BCUT2D eigenvalue weighted by Gasteiger charge is -2.21. The van der Waals surface area contributed by atoms with Gasteiger partial charge in [-0.25, -0.2) is 0 Å². The van der Waals surface area contributed by atoms with E-state index in [9.17, 15) is 9.59 Å². The molecule has 2 saturated heterocycles. The minimum absolute atomic E-state index is 0.0921. The number of fused-ring (bicyclic) bond motifs is 1. The molecule has 0 N–H and O–H groups in total. The number of hydrogen-bond acceptors (Lipinski definition) is 4. The van der Waals surface area contributed by atoms with E-state index in [0.717, 1.165) is 5.56 Å². The Kier molecular flexibility index (Phi) is 3.37. The van der Waals surface area contributed by atoms with Crippen molar-refractivity contribution >= 4 is 11.8 Å². The van der Waals surface area contributed by atoms with Crippen LogP contribution >= 0.6 is 0 Å². The summed E-state index contributed by atoms with van der Waals surface area (Å²) in [5.74, 6) is 0.456. The minimum atomic E-state index is -0.129. The van der Waals surface area contributed by atoms with E-state index in [1.54, 1.807) is 29.4 Å². The number of furan rings is 1. The van der Waals surface area contributed by atoms with Gasteiger partial charge in [0.2, 0.25) is 5.91 Å². The SMILES string of the molecule is O=C(c1ccco1)N1C[C@@H]2CN(Cc3cccnc3)C(=O)[C@@H]2C1. The summed E-state index contributed by atoms with van der Waals surface area (Å²) in [6, 6.07) is 7.21. The lowest BCUT2D eigenvalue weighted by atomic mass is 10.0. The molecule has 2 amide bonds. The van der Waals surface area contributed by atoms with Crippen molar-refractivity contribution in [2.75, 3.05) is 19.6 Å². The molecule has 6 heteroatoms. The summed E-state index contributed by atoms with van der Waals surface area (Å²) >= 11 is 0. The van der Waals surface area contributed by atoms with Crippen molar-refractivity contribution in [2.24, 2.45) is 11.8 Å². The Hall–Kier alpha value is -2.63. The van der Waals surface area contributed by atoms with Gasteiger partial charge < -0.3 is 14.2 Å². The maximum atomic E-state index is 12.6. The first kappa shape index (κ1) is 14.0. The normalized spacial score (nSPS) is 23.4. The highest BCUT2D eigenvalue weighted by Crippen LogP contribution is 2.33. The van der Waals surface area contributed by atoms with E-state index in [-0.39, 0.29) is 23.7 Å². The van der Waals surface area contributed by atoms with Crippen LogP contribution in [0.3, 0.4) is 0 Å². The second-order valence-corrected chi connectivity index (χ2v) is 6.13. The Bertz CT molecular complexity index is 714. The molecule has 0 aliphatic carbocycles. The van der Waals surface area contributed by atoms with Crippen molar-refractivity contribution in [2.45, 2.75) is 6.54 Å². The van der Waals surface area contributed by atoms with Gasteiger partial charge in [0.05, 0.1) is 12.2 Å². The van der Waals surface area contributed by atoms with E-state index in [0.29, 0.717) is 31.9 Å². The van der Waals surface area contributed by atoms with E-state index in [4.69, 9.17) is 4.42 Å². The standard InChI is InChI=1S/C17H17N3O3/c21-16-14-11-20(17(22)15-4-2-6-23-15)10-13(14)9-19(16)8-12-3-1-5-18-7-12/h1-7,13-14H,8-11H2/t13-,14+/m0/s1. The highest BCUT2D eigenvalue weighted by Gasteiger charge is 2.47. The van der Waals surface area contributed by atoms with Crippen molar-refractivity contribution < 1.29 is 14.0 Å². The molecule has 0 unspecified atom stereocenters. The lowest BCUT2D eigenvalue weighted by Crippen LogP contribution is -2.35. The fourth-order valence-electron chi connectivity index (χ4n) is 3.52.